The molecule has 4 rings (SSSR count). The number of thiol groups is 1. The van der Waals surface area contributed by atoms with Crippen LogP contribution in [0.5, 0.6) is 11.5 Å². The van der Waals surface area contributed by atoms with E-state index in [9.17, 15) is 14.9 Å². The number of piperazine rings is 1. The van der Waals surface area contributed by atoms with Crippen LogP contribution in [-0.2, 0) is 9.59 Å². The van der Waals surface area contributed by atoms with Crippen LogP contribution in [0.3, 0.4) is 0 Å². The molecule has 1 aromatic rings. The highest BCUT2D eigenvalue weighted by Gasteiger charge is 2.62. The molecular formula is C18H19N3O4S. The van der Waals surface area contributed by atoms with E-state index in [1.165, 1.54) is 9.80 Å². The van der Waals surface area contributed by atoms with E-state index in [4.69, 9.17) is 9.47 Å². The highest BCUT2D eigenvalue weighted by atomic mass is 32.1. The largest absolute Gasteiger partial charge is 0.454 e. The van der Waals surface area contributed by atoms with Crippen LogP contribution in [0.1, 0.15) is 31.9 Å². The Hall–Kier alpha value is -2.40. The third-order valence-electron chi connectivity index (χ3n) is 5.71. The Bertz CT molecular complexity index is 864. The van der Waals surface area contributed by atoms with E-state index in [1.54, 1.807) is 33.0 Å². The average molecular weight is 373 g/mol. The molecule has 3 aliphatic heterocycles. The number of nitriles is 1. The minimum absolute atomic E-state index is 0.141. The number of hydrogen-bond donors (Lipinski definition) is 1. The zero-order chi connectivity index (χ0) is 18.9. The molecule has 7 nitrogen and oxygen atoms in total. The summed E-state index contributed by atoms with van der Waals surface area (Å²) >= 11 is 4.44. The van der Waals surface area contributed by atoms with Crippen LogP contribution in [0.15, 0.2) is 18.2 Å². The molecule has 0 spiro atoms. The number of amides is 2. The molecule has 0 bridgehead atoms. The smallest absolute Gasteiger partial charge is 0.259 e. The van der Waals surface area contributed by atoms with Crippen molar-refractivity contribution in [2.24, 2.45) is 5.41 Å². The normalized spacial score (nSPS) is 35.5. The summed E-state index contributed by atoms with van der Waals surface area (Å²) in [7, 11) is 1.57. The summed E-state index contributed by atoms with van der Waals surface area (Å²) in [5, 5.41) is 9.88. The van der Waals surface area contributed by atoms with Gasteiger partial charge in [0.25, 0.3) is 5.91 Å². The quantitative estimate of drug-likeness (QED) is 0.758. The van der Waals surface area contributed by atoms with Gasteiger partial charge in [0.2, 0.25) is 12.7 Å². The van der Waals surface area contributed by atoms with Gasteiger partial charge in [-0.1, -0.05) is 6.07 Å². The SMILES string of the molecule is CN1C(=O)C2C[C@@](C)(C#N)[C@H](c3ccc4c(c3)OCO4)N2C(=O)C1(C)S. The fraction of sp³-hybridized carbons (Fsp3) is 0.500. The first-order chi connectivity index (χ1) is 12.2. The predicted octanol–water partition coefficient (Wildman–Crippen LogP) is 1.71. The summed E-state index contributed by atoms with van der Waals surface area (Å²) in [6.45, 7) is 3.53. The second kappa shape index (κ2) is 5.30. The van der Waals surface area contributed by atoms with E-state index in [0.29, 0.717) is 11.5 Å². The number of ether oxygens (including phenoxy) is 2. The van der Waals surface area contributed by atoms with Gasteiger partial charge in [0.1, 0.15) is 6.04 Å². The number of likely N-dealkylation sites (N-methyl/N-ethyl adjacent to an activating group) is 1. The second-order valence-corrected chi connectivity index (χ2v) is 8.27. The number of nitrogens with zero attached hydrogens (tertiary/aromatic N) is 3. The zero-order valence-electron chi connectivity index (χ0n) is 14.7. The molecule has 0 aromatic heterocycles. The Morgan fingerprint density at radius 3 is 2.65 bits per heavy atom. The summed E-state index contributed by atoms with van der Waals surface area (Å²) < 4.78 is 10.8. The van der Waals surface area contributed by atoms with E-state index in [-0.39, 0.29) is 25.0 Å². The van der Waals surface area contributed by atoms with Crippen molar-refractivity contribution in [1.82, 2.24) is 9.80 Å². The van der Waals surface area contributed by atoms with Gasteiger partial charge in [0.15, 0.2) is 16.4 Å². The van der Waals surface area contributed by atoms with Crippen LogP contribution in [0.4, 0.5) is 0 Å². The van der Waals surface area contributed by atoms with Crippen molar-refractivity contribution in [3.63, 3.8) is 0 Å². The van der Waals surface area contributed by atoms with Crippen LogP contribution in [0, 0.1) is 16.7 Å². The van der Waals surface area contributed by atoms with Gasteiger partial charge in [0, 0.05) is 7.05 Å². The number of carbonyl (C=O) groups excluding carboxylic acids is 2. The molecule has 0 aliphatic carbocycles. The van der Waals surface area contributed by atoms with Crippen molar-refractivity contribution in [3.8, 4) is 17.6 Å². The molecule has 0 saturated carbocycles. The lowest BCUT2D eigenvalue weighted by Gasteiger charge is -2.46. The van der Waals surface area contributed by atoms with E-state index < -0.39 is 22.4 Å². The van der Waals surface area contributed by atoms with Gasteiger partial charge in [-0.2, -0.15) is 5.26 Å². The molecular weight excluding hydrogens is 354 g/mol. The van der Waals surface area contributed by atoms with Gasteiger partial charge in [-0.05, 0) is 38.0 Å². The van der Waals surface area contributed by atoms with Crippen molar-refractivity contribution in [2.75, 3.05) is 13.8 Å². The topological polar surface area (TPSA) is 82.9 Å². The molecule has 3 aliphatic rings. The van der Waals surface area contributed by atoms with Crippen molar-refractivity contribution in [2.45, 2.75) is 37.2 Å². The van der Waals surface area contributed by atoms with Gasteiger partial charge in [-0.15, -0.1) is 12.6 Å². The van der Waals surface area contributed by atoms with Gasteiger partial charge in [-0.25, -0.2) is 0 Å². The molecule has 2 amide bonds. The third-order valence-corrected chi connectivity index (χ3v) is 6.20. The van der Waals surface area contributed by atoms with Crippen molar-refractivity contribution < 1.29 is 19.1 Å². The van der Waals surface area contributed by atoms with E-state index in [1.807, 2.05) is 6.07 Å². The Morgan fingerprint density at radius 1 is 1.27 bits per heavy atom. The summed E-state index contributed by atoms with van der Waals surface area (Å²) in [5.74, 6) is 0.718. The lowest BCUT2D eigenvalue weighted by Crippen LogP contribution is -2.65. The standard InChI is InChI=1S/C18H19N3O4S/c1-17(8-19)7-11-15(22)20(3)18(2,26)16(23)21(11)14(17)10-4-5-12-13(6-10)25-9-24-12/h4-6,11,14,26H,7,9H2,1-3H3/t11?,14-,17-,18?/m0/s1. The molecule has 0 radical (unpaired) electrons. The van der Waals surface area contributed by atoms with E-state index in [2.05, 4.69) is 18.7 Å². The van der Waals surface area contributed by atoms with Crippen LogP contribution in [0.25, 0.3) is 0 Å². The number of fused-ring (bicyclic) bond motifs is 2. The predicted molar refractivity (Wildman–Crippen MR) is 94.4 cm³/mol. The van der Waals surface area contributed by atoms with Gasteiger partial charge >= 0.3 is 0 Å². The number of carbonyl (C=O) groups is 2. The molecule has 2 saturated heterocycles. The lowest BCUT2D eigenvalue weighted by molar-refractivity contribution is -0.161. The number of rotatable bonds is 1. The summed E-state index contributed by atoms with van der Waals surface area (Å²) in [4.78, 5) is 27.7. The lowest BCUT2D eigenvalue weighted by atomic mass is 9.79. The van der Waals surface area contributed by atoms with Gasteiger partial charge in [0.05, 0.1) is 17.5 Å². The van der Waals surface area contributed by atoms with Gasteiger partial charge < -0.3 is 19.3 Å². The number of hydrogen-bond acceptors (Lipinski definition) is 6. The monoisotopic (exact) mass is 373 g/mol. The molecule has 26 heavy (non-hydrogen) atoms. The maximum Gasteiger partial charge on any atom is 0.259 e. The second-order valence-electron chi connectivity index (χ2n) is 7.39. The third kappa shape index (κ3) is 2.07. The van der Waals surface area contributed by atoms with Gasteiger partial charge in [-0.3, -0.25) is 9.59 Å². The van der Waals surface area contributed by atoms with Crippen LogP contribution < -0.4 is 9.47 Å². The highest BCUT2D eigenvalue weighted by molar-refractivity contribution is 7.82. The molecule has 3 heterocycles. The molecule has 136 valence electrons. The highest BCUT2D eigenvalue weighted by Crippen LogP contribution is 2.54. The molecule has 0 N–H and O–H groups in total. The summed E-state index contributed by atoms with van der Waals surface area (Å²) in [5.41, 5.74) is -0.158. The molecule has 2 fully saturated rings. The average Bonchev–Trinajstić information content (AvgIpc) is 3.20. The first kappa shape index (κ1) is 17.0. The molecule has 2 unspecified atom stereocenters. The Kier molecular flexibility index (Phi) is 3.47. The minimum Gasteiger partial charge on any atom is -0.454 e. The first-order valence-electron chi connectivity index (χ1n) is 8.34. The summed E-state index contributed by atoms with van der Waals surface area (Å²) in [6.07, 6.45) is 0.279. The van der Waals surface area contributed by atoms with Crippen molar-refractivity contribution >= 4 is 24.4 Å². The Morgan fingerprint density at radius 2 is 1.96 bits per heavy atom. The number of benzene rings is 1. The fourth-order valence-corrected chi connectivity index (χ4v) is 4.32. The van der Waals surface area contributed by atoms with Crippen molar-refractivity contribution in [3.05, 3.63) is 23.8 Å². The van der Waals surface area contributed by atoms with E-state index >= 15 is 0 Å². The van der Waals surface area contributed by atoms with Crippen molar-refractivity contribution in [1.29, 1.82) is 5.26 Å². The van der Waals surface area contributed by atoms with E-state index in [0.717, 1.165) is 5.56 Å². The molecule has 4 atom stereocenters. The molecule has 8 heteroatoms. The maximum absolute atomic E-state index is 13.2. The first-order valence-corrected chi connectivity index (χ1v) is 8.79. The summed E-state index contributed by atoms with van der Waals surface area (Å²) in [6, 6.07) is 6.47. The fourth-order valence-electron chi connectivity index (χ4n) is 4.11. The Labute approximate surface area is 156 Å². The molecule has 1 aromatic carbocycles. The van der Waals surface area contributed by atoms with Crippen LogP contribution in [0.2, 0.25) is 0 Å². The Balaban J connectivity index is 1.85. The minimum atomic E-state index is -1.26. The van der Waals surface area contributed by atoms with Crippen LogP contribution in [-0.4, -0.2) is 46.4 Å². The van der Waals surface area contributed by atoms with Crippen LogP contribution >= 0.6 is 12.6 Å². The zero-order valence-corrected chi connectivity index (χ0v) is 15.6. The maximum atomic E-state index is 13.2.